The Bertz CT molecular complexity index is 671. The normalized spacial score (nSPS) is 15.8. The zero-order valence-corrected chi connectivity index (χ0v) is 15.1. The maximum absolute atomic E-state index is 12.2. The van der Waals surface area contributed by atoms with Crippen LogP contribution in [0.4, 0.5) is 11.4 Å². The van der Waals surface area contributed by atoms with Gasteiger partial charge in [0.15, 0.2) is 6.10 Å². The number of hydrogen-bond donors (Lipinski definition) is 2. The maximum Gasteiger partial charge on any atom is 0.339 e. The molecule has 1 aromatic carbocycles. The minimum absolute atomic E-state index is 0.0302. The largest absolute Gasteiger partial charge is 0.449 e. The quantitative estimate of drug-likeness (QED) is 0.438. The lowest BCUT2D eigenvalue weighted by Crippen LogP contribution is -2.38. The summed E-state index contributed by atoms with van der Waals surface area (Å²) in [7, 11) is 1.55. The van der Waals surface area contributed by atoms with Gasteiger partial charge in [0.05, 0.1) is 10.5 Å². The highest BCUT2D eigenvalue weighted by molar-refractivity contribution is 5.93. The summed E-state index contributed by atoms with van der Waals surface area (Å²) in [5, 5.41) is 16.6. The number of carbonyl (C=O) groups excluding carboxylic acids is 2. The molecule has 0 unspecified atom stereocenters. The average Bonchev–Trinajstić information content (AvgIpc) is 2.66. The molecule has 0 radical (unpaired) electrons. The van der Waals surface area contributed by atoms with Crippen molar-refractivity contribution in [3.8, 4) is 0 Å². The number of nitro groups is 1. The van der Waals surface area contributed by atoms with E-state index in [4.69, 9.17) is 4.74 Å². The topological polar surface area (TPSA) is 111 Å². The third-order valence-corrected chi connectivity index (χ3v) is 4.64. The Morgan fingerprint density at radius 3 is 2.62 bits per heavy atom. The number of hydrogen-bond acceptors (Lipinski definition) is 6. The van der Waals surface area contributed by atoms with E-state index < -0.39 is 17.0 Å². The molecule has 8 nitrogen and oxygen atoms in total. The lowest BCUT2D eigenvalue weighted by molar-refractivity contribution is -0.384. The first-order valence-electron chi connectivity index (χ1n) is 8.87. The van der Waals surface area contributed by atoms with Crippen LogP contribution in [0.5, 0.6) is 0 Å². The number of esters is 1. The third kappa shape index (κ3) is 5.18. The van der Waals surface area contributed by atoms with Crippen LogP contribution in [0.15, 0.2) is 18.2 Å². The Morgan fingerprint density at radius 1 is 1.31 bits per heavy atom. The van der Waals surface area contributed by atoms with Crippen LogP contribution in [0.2, 0.25) is 0 Å². The molecule has 1 aliphatic rings. The molecule has 0 spiro atoms. The fourth-order valence-corrected chi connectivity index (χ4v) is 3.08. The van der Waals surface area contributed by atoms with Crippen molar-refractivity contribution in [1.82, 2.24) is 5.32 Å². The second-order valence-electron chi connectivity index (χ2n) is 6.54. The Balaban J connectivity index is 1.92. The van der Waals surface area contributed by atoms with E-state index in [9.17, 15) is 19.7 Å². The van der Waals surface area contributed by atoms with Gasteiger partial charge in [-0.3, -0.25) is 14.9 Å². The Labute approximate surface area is 152 Å². The average molecular weight is 363 g/mol. The van der Waals surface area contributed by atoms with Crippen molar-refractivity contribution in [3.63, 3.8) is 0 Å². The van der Waals surface area contributed by atoms with Crippen LogP contribution in [0, 0.1) is 16.0 Å². The second-order valence-corrected chi connectivity index (χ2v) is 6.54. The van der Waals surface area contributed by atoms with Crippen molar-refractivity contribution in [2.24, 2.45) is 5.92 Å². The molecule has 1 saturated carbocycles. The lowest BCUT2D eigenvalue weighted by atomic mass is 9.89. The second kappa shape index (κ2) is 9.17. The molecule has 0 heterocycles. The molecule has 0 aliphatic heterocycles. The Kier molecular flexibility index (Phi) is 6.94. The molecule has 1 aromatic rings. The van der Waals surface area contributed by atoms with Crippen molar-refractivity contribution >= 4 is 23.3 Å². The summed E-state index contributed by atoms with van der Waals surface area (Å²) in [4.78, 5) is 34.8. The minimum atomic E-state index is -0.964. The number of ether oxygens (including phenoxy) is 1. The molecule has 2 rings (SSSR count). The smallest absolute Gasteiger partial charge is 0.339 e. The number of nitrogens with one attached hydrogen (secondary N) is 2. The monoisotopic (exact) mass is 363 g/mol. The molecular weight excluding hydrogens is 338 g/mol. The van der Waals surface area contributed by atoms with Gasteiger partial charge in [-0.1, -0.05) is 19.3 Å². The summed E-state index contributed by atoms with van der Waals surface area (Å²) in [6, 6.07) is 4.00. The van der Waals surface area contributed by atoms with Gasteiger partial charge >= 0.3 is 5.97 Å². The van der Waals surface area contributed by atoms with Crippen molar-refractivity contribution in [3.05, 3.63) is 33.9 Å². The predicted octanol–water partition coefficient (Wildman–Crippen LogP) is 2.88. The van der Waals surface area contributed by atoms with Crippen molar-refractivity contribution in [2.75, 3.05) is 18.9 Å². The van der Waals surface area contributed by atoms with E-state index in [2.05, 4.69) is 10.6 Å². The van der Waals surface area contributed by atoms with Crippen LogP contribution in [0.25, 0.3) is 0 Å². The molecule has 0 aromatic heterocycles. The summed E-state index contributed by atoms with van der Waals surface area (Å²) < 4.78 is 5.15. The van der Waals surface area contributed by atoms with Gasteiger partial charge in [-0.05, 0) is 37.8 Å². The van der Waals surface area contributed by atoms with Crippen LogP contribution < -0.4 is 10.6 Å². The van der Waals surface area contributed by atoms with E-state index in [0.29, 0.717) is 18.2 Å². The number of benzene rings is 1. The van der Waals surface area contributed by atoms with Crippen LogP contribution in [-0.4, -0.2) is 36.5 Å². The zero-order valence-electron chi connectivity index (χ0n) is 15.1. The first kappa shape index (κ1) is 19.7. The Hall–Kier alpha value is -2.64. The number of nitrogens with zero attached hydrogens (tertiary/aromatic N) is 1. The number of amides is 1. The molecule has 142 valence electrons. The van der Waals surface area contributed by atoms with E-state index in [-0.39, 0.29) is 17.2 Å². The molecule has 1 atom stereocenters. The molecule has 1 fully saturated rings. The summed E-state index contributed by atoms with van der Waals surface area (Å²) >= 11 is 0. The summed E-state index contributed by atoms with van der Waals surface area (Å²) in [6.07, 6.45) is 4.87. The number of rotatable bonds is 7. The minimum Gasteiger partial charge on any atom is -0.449 e. The standard InChI is InChI=1S/C18H25N3O5/c1-12(17(22)20-11-13-6-4-3-5-7-13)26-18(23)14-8-9-15(19-2)16(10-14)21(24)25/h8-10,12-13,19H,3-7,11H2,1-2H3,(H,20,22)/t12-/m0/s1. The fraction of sp³-hybridized carbons (Fsp3) is 0.556. The molecule has 1 amide bonds. The molecule has 0 saturated heterocycles. The van der Waals surface area contributed by atoms with Gasteiger partial charge in [0, 0.05) is 19.7 Å². The maximum atomic E-state index is 12.2. The molecule has 2 N–H and O–H groups in total. The molecular formula is C18H25N3O5. The number of anilines is 1. The van der Waals surface area contributed by atoms with Gasteiger partial charge in [-0.25, -0.2) is 4.79 Å². The number of nitro benzene ring substituents is 1. The lowest BCUT2D eigenvalue weighted by Gasteiger charge is -2.22. The fourth-order valence-electron chi connectivity index (χ4n) is 3.08. The highest BCUT2D eigenvalue weighted by Gasteiger charge is 2.23. The summed E-state index contributed by atoms with van der Waals surface area (Å²) in [5.74, 6) is -0.645. The van der Waals surface area contributed by atoms with E-state index >= 15 is 0 Å². The first-order valence-corrected chi connectivity index (χ1v) is 8.87. The van der Waals surface area contributed by atoms with Crippen molar-refractivity contribution < 1.29 is 19.2 Å². The summed E-state index contributed by atoms with van der Waals surface area (Å²) in [6.45, 7) is 2.08. The highest BCUT2D eigenvalue weighted by Crippen LogP contribution is 2.25. The zero-order chi connectivity index (χ0) is 19.1. The van der Waals surface area contributed by atoms with Gasteiger partial charge < -0.3 is 15.4 Å². The summed E-state index contributed by atoms with van der Waals surface area (Å²) in [5.41, 5.74) is 0.101. The number of carbonyl (C=O) groups is 2. The van der Waals surface area contributed by atoms with Crippen LogP contribution in [-0.2, 0) is 9.53 Å². The van der Waals surface area contributed by atoms with E-state index in [0.717, 1.165) is 18.9 Å². The van der Waals surface area contributed by atoms with Gasteiger partial charge in [0.25, 0.3) is 11.6 Å². The van der Waals surface area contributed by atoms with E-state index in [1.807, 2.05) is 0 Å². The van der Waals surface area contributed by atoms with Gasteiger partial charge in [-0.2, -0.15) is 0 Å². The van der Waals surface area contributed by atoms with Crippen molar-refractivity contribution in [1.29, 1.82) is 0 Å². The van der Waals surface area contributed by atoms with Gasteiger partial charge in [0.1, 0.15) is 5.69 Å². The van der Waals surface area contributed by atoms with Crippen molar-refractivity contribution in [2.45, 2.75) is 45.1 Å². The van der Waals surface area contributed by atoms with Gasteiger partial charge in [-0.15, -0.1) is 0 Å². The molecule has 8 heteroatoms. The molecule has 0 bridgehead atoms. The SMILES string of the molecule is CNc1ccc(C(=O)O[C@@H](C)C(=O)NCC2CCCCC2)cc1[N+](=O)[O-]. The molecule has 1 aliphatic carbocycles. The van der Waals surface area contributed by atoms with Crippen LogP contribution in [0.1, 0.15) is 49.4 Å². The third-order valence-electron chi connectivity index (χ3n) is 4.64. The highest BCUT2D eigenvalue weighted by atomic mass is 16.6. The van der Waals surface area contributed by atoms with E-state index in [1.165, 1.54) is 38.3 Å². The Morgan fingerprint density at radius 2 is 2.00 bits per heavy atom. The van der Waals surface area contributed by atoms with E-state index in [1.54, 1.807) is 7.05 Å². The first-order chi connectivity index (χ1) is 12.4. The van der Waals surface area contributed by atoms with Gasteiger partial charge in [0.2, 0.25) is 0 Å². The van der Waals surface area contributed by atoms with Crippen LogP contribution in [0.3, 0.4) is 0 Å². The predicted molar refractivity (Wildman–Crippen MR) is 97.1 cm³/mol. The molecule has 26 heavy (non-hydrogen) atoms. The van der Waals surface area contributed by atoms with Crippen LogP contribution >= 0.6 is 0 Å².